The number of carbonyl (C=O) groups is 1. The first-order chi connectivity index (χ1) is 12.0. The maximum Gasteiger partial charge on any atom is 0.275 e. The molecule has 25 heavy (non-hydrogen) atoms. The number of hydrazone groups is 1. The number of phenols is 1. The van der Waals surface area contributed by atoms with Crippen LogP contribution < -0.4 is 10.2 Å². The number of hydrogen-bond donors (Lipinski definition) is 2. The molecular weight excluding hydrogens is 326 g/mol. The summed E-state index contributed by atoms with van der Waals surface area (Å²) >= 11 is 0. The third-order valence-electron chi connectivity index (χ3n) is 3.19. The van der Waals surface area contributed by atoms with Crippen LogP contribution in [0, 0.1) is 10.1 Å². The van der Waals surface area contributed by atoms with Crippen molar-refractivity contribution in [2.75, 3.05) is 6.61 Å². The number of amides is 1. The lowest BCUT2D eigenvalue weighted by atomic mass is 10.2. The molecule has 0 atom stereocenters. The highest BCUT2D eigenvalue weighted by Crippen LogP contribution is 2.21. The third kappa shape index (κ3) is 4.77. The summed E-state index contributed by atoms with van der Waals surface area (Å²) in [6, 6.07) is 10.3. The second kappa shape index (κ2) is 8.44. The van der Waals surface area contributed by atoms with Gasteiger partial charge < -0.3 is 9.84 Å². The average molecular weight is 343 g/mol. The second-order valence-corrected chi connectivity index (χ2v) is 5.04. The smallest absolute Gasteiger partial charge is 0.275 e. The minimum Gasteiger partial charge on any atom is -0.507 e. The average Bonchev–Trinajstić information content (AvgIpc) is 2.61. The monoisotopic (exact) mass is 343 g/mol. The molecular formula is C17H17N3O5. The zero-order valence-electron chi connectivity index (χ0n) is 13.5. The van der Waals surface area contributed by atoms with Gasteiger partial charge in [-0.3, -0.25) is 14.9 Å². The quantitative estimate of drug-likeness (QED) is 0.456. The first-order valence-corrected chi connectivity index (χ1v) is 7.55. The van der Waals surface area contributed by atoms with Crippen LogP contribution in [0.2, 0.25) is 0 Å². The van der Waals surface area contributed by atoms with Gasteiger partial charge in [-0.2, -0.15) is 5.10 Å². The predicted molar refractivity (Wildman–Crippen MR) is 92.0 cm³/mol. The first kappa shape index (κ1) is 17.9. The van der Waals surface area contributed by atoms with E-state index in [0.29, 0.717) is 17.9 Å². The van der Waals surface area contributed by atoms with Crippen LogP contribution in [0.3, 0.4) is 0 Å². The maximum absolute atomic E-state index is 12.2. The number of aromatic hydroxyl groups is 1. The van der Waals surface area contributed by atoms with Crippen LogP contribution in [-0.2, 0) is 0 Å². The largest absolute Gasteiger partial charge is 0.507 e. The number of hydrogen-bond acceptors (Lipinski definition) is 6. The minimum absolute atomic E-state index is 0.116. The van der Waals surface area contributed by atoms with Crippen molar-refractivity contribution in [3.8, 4) is 11.5 Å². The maximum atomic E-state index is 12.2. The molecule has 2 aromatic rings. The molecule has 2 rings (SSSR count). The van der Waals surface area contributed by atoms with Crippen LogP contribution in [0.1, 0.15) is 29.3 Å². The van der Waals surface area contributed by atoms with Crippen LogP contribution >= 0.6 is 0 Å². The van der Waals surface area contributed by atoms with Crippen molar-refractivity contribution in [1.29, 1.82) is 0 Å². The molecule has 0 saturated carbocycles. The zero-order chi connectivity index (χ0) is 18.2. The second-order valence-electron chi connectivity index (χ2n) is 5.04. The van der Waals surface area contributed by atoms with Crippen molar-refractivity contribution in [2.24, 2.45) is 5.10 Å². The van der Waals surface area contributed by atoms with Crippen molar-refractivity contribution in [3.63, 3.8) is 0 Å². The fourth-order valence-electron chi connectivity index (χ4n) is 1.97. The van der Waals surface area contributed by atoms with Crippen LogP contribution in [0.15, 0.2) is 47.6 Å². The molecule has 0 spiro atoms. The number of phenolic OH excluding ortho intramolecular Hbond substituents is 1. The number of nitrogens with one attached hydrogen (secondary N) is 1. The number of carbonyl (C=O) groups excluding carboxylic acids is 1. The molecule has 8 nitrogen and oxygen atoms in total. The predicted octanol–water partition coefficient (Wildman–Crippen LogP) is 2.85. The van der Waals surface area contributed by atoms with Gasteiger partial charge in [-0.15, -0.1) is 0 Å². The topological polar surface area (TPSA) is 114 Å². The van der Waals surface area contributed by atoms with E-state index in [9.17, 15) is 20.0 Å². The molecule has 0 bridgehead atoms. The van der Waals surface area contributed by atoms with Crippen molar-refractivity contribution in [3.05, 3.63) is 63.7 Å². The molecule has 2 N–H and O–H groups in total. The SMILES string of the molecule is CCCOc1ccccc1C(=O)N/N=C/c1cc([N+](=O)[O-])ccc1O. The van der Waals surface area contributed by atoms with Gasteiger partial charge in [0, 0.05) is 17.7 Å². The first-order valence-electron chi connectivity index (χ1n) is 7.55. The van der Waals surface area contributed by atoms with Gasteiger partial charge in [0.1, 0.15) is 11.5 Å². The Labute approximate surface area is 143 Å². The molecule has 0 aromatic heterocycles. The van der Waals surface area contributed by atoms with Gasteiger partial charge in [-0.25, -0.2) is 5.43 Å². The lowest BCUT2D eigenvalue weighted by Gasteiger charge is -2.09. The summed E-state index contributed by atoms with van der Waals surface area (Å²) in [4.78, 5) is 22.4. The van der Waals surface area contributed by atoms with Crippen molar-refractivity contribution in [1.82, 2.24) is 5.43 Å². The number of benzene rings is 2. The molecule has 0 fully saturated rings. The molecule has 0 aliphatic rings. The van der Waals surface area contributed by atoms with Gasteiger partial charge in [0.15, 0.2) is 0 Å². The molecule has 1 amide bonds. The fourth-order valence-corrected chi connectivity index (χ4v) is 1.97. The highest BCUT2D eigenvalue weighted by Gasteiger charge is 2.12. The highest BCUT2D eigenvalue weighted by atomic mass is 16.6. The Morgan fingerprint density at radius 1 is 1.36 bits per heavy atom. The van der Waals surface area contributed by atoms with E-state index in [1.807, 2.05) is 6.92 Å². The van der Waals surface area contributed by atoms with E-state index < -0.39 is 10.8 Å². The normalized spacial score (nSPS) is 10.6. The number of non-ortho nitro benzene ring substituents is 1. The van der Waals surface area contributed by atoms with E-state index in [-0.39, 0.29) is 17.0 Å². The molecule has 0 radical (unpaired) electrons. The van der Waals surface area contributed by atoms with Gasteiger partial charge in [0.2, 0.25) is 0 Å². The summed E-state index contributed by atoms with van der Waals surface area (Å²) in [7, 11) is 0. The summed E-state index contributed by atoms with van der Waals surface area (Å²) in [5.41, 5.74) is 2.55. The number of nitrogens with zero attached hydrogens (tertiary/aromatic N) is 2. The molecule has 0 aliphatic heterocycles. The Kier molecular flexibility index (Phi) is 6.05. The fraction of sp³-hybridized carbons (Fsp3) is 0.176. The van der Waals surface area contributed by atoms with Crippen LogP contribution in [0.25, 0.3) is 0 Å². The Hall–Kier alpha value is -3.42. The van der Waals surface area contributed by atoms with Crippen LogP contribution in [-0.4, -0.2) is 28.8 Å². The van der Waals surface area contributed by atoms with Gasteiger partial charge in [-0.05, 0) is 24.6 Å². The van der Waals surface area contributed by atoms with Gasteiger partial charge in [-0.1, -0.05) is 19.1 Å². The molecule has 0 aliphatic carbocycles. The Balaban J connectivity index is 2.11. The Morgan fingerprint density at radius 3 is 2.84 bits per heavy atom. The third-order valence-corrected chi connectivity index (χ3v) is 3.19. The number of para-hydroxylation sites is 1. The summed E-state index contributed by atoms with van der Waals surface area (Å²) in [6.07, 6.45) is 1.94. The summed E-state index contributed by atoms with van der Waals surface area (Å²) in [5, 5.41) is 24.2. The van der Waals surface area contributed by atoms with E-state index in [4.69, 9.17) is 4.74 Å². The summed E-state index contributed by atoms with van der Waals surface area (Å²) in [5.74, 6) is -0.238. The molecule has 8 heteroatoms. The molecule has 0 heterocycles. The lowest BCUT2D eigenvalue weighted by molar-refractivity contribution is -0.384. The van der Waals surface area contributed by atoms with E-state index in [1.165, 1.54) is 12.1 Å². The number of rotatable bonds is 7. The zero-order valence-corrected chi connectivity index (χ0v) is 13.5. The number of nitro benzene ring substituents is 1. The Morgan fingerprint density at radius 2 is 2.12 bits per heavy atom. The van der Waals surface area contributed by atoms with Gasteiger partial charge >= 0.3 is 0 Å². The van der Waals surface area contributed by atoms with E-state index in [0.717, 1.165) is 18.7 Å². The van der Waals surface area contributed by atoms with Gasteiger partial charge in [0.05, 0.1) is 23.3 Å². The molecule has 2 aromatic carbocycles. The number of ether oxygens (including phenoxy) is 1. The van der Waals surface area contributed by atoms with E-state index in [2.05, 4.69) is 10.5 Å². The van der Waals surface area contributed by atoms with E-state index >= 15 is 0 Å². The van der Waals surface area contributed by atoms with Crippen molar-refractivity contribution >= 4 is 17.8 Å². The molecule has 0 unspecified atom stereocenters. The number of nitro groups is 1. The van der Waals surface area contributed by atoms with Gasteiger partial charge in [0.25, 0.3) is 11.6 Å². The minimum atomic E-state index is -0.587. The standard InChI is InChI=1S/C17H17N3O5/c1-2-9-25-16-6-4-3-5-14(16)17(22)19-18-11-12-10-13(20(23)24)7-8-15(12)21/h3-8,10-11,21H,2,9H2,1H3,(H,19,22)/b18-11+. The molecule has 130 valence electrons. The van der Waals surface area contributed by atoms with Crippen molar-refractivity contribution in [2.45, 2.75) is 13.3 Å². The summed E-state index contributed by atoms with van der Waals surface area (Å²) in [6.45, 7) is 2.44. The summed E-state index contributed by atoms with van der Waals surface area (Å²) < 4.78 is 5.51. The van der Waals surface area contributed by atoms with Crippen molar-refractivity contribution < 1.29 is 19.6 Å². The van der Waals surface area contributed by atoms with Crippen LogP contribution in [0.5, 0.6) is 11.5 Å². The van der Waals surface area contributed by atoms with E-state index in [1.54, 1.807) is 24.3 Å². The Bertz CT molecular complexity index is 805. The van der Waals surface area contributed by atoms with Crippen LogP contribution in [0.4, 0.5) is 5.69 Å². The molecule has 0 saturated heterocycles. The highest BCUT2D eigenvalue weighted by molar-refractivity contribution is 5.97. The lowest BCUT2D eigenvalue weighted by Crippen LogP contribution is -2.18.